The van der Waals surface area contributed by atoms with Gasteiger partial charge in [-0.2, -0.15) is 0 Å². The number of halogens is 1. The van der Waals surface area contributed by atoms with Crippen molar-refractivity contribution in [2.24, 2.45) is 0 Å². The summed E-state index contributed by atoms with van der Waals surface area (Å²) in [6.45, 7) is 2.08. The molecule has 4 rings (SSSR count). The second-order valence-corrected chi connectivity index (χ2v) is 7.32. The Balaban J connectivity index is 1.90. The fourth-order valence-corrected chi connectivity index (χ4v) is 4.52. The maximum Gasteiger partial charge on any atom is 0.143 e. The summed E-state index contributed by atoms with van der Waals surface area (Å²) >= 11 is 3.32. The van der Waals surface area contributed by atoms with Gasteiger partial charge in [0.05, 0.1) is 16.3 Å². The number of aromatic nitrogens is 2. The van der Waals surface area contributed by atoms with Crippen LogP contribution in [0.25, 0.3) is 31.7 Å². The highest BCUT2D eigenvalue weighted by Crippen LogP contribution is 2.42. The molecule has 1 aromatic carbocycles. The van der Waals surface area contributed by atoms with Gasteiger partial charge in [-0.1, -0.05) is 6.07 Å². The zero-order chi connectivity index (χ0) is 16.5. The number of thiazole rings is 1. The maximum absolute atomic E-state index is 13.3. The fourth-order valence-electron chi connectivity index (χ4n) is 2.44. The summed E-state index contributed by atoms with van der Waals surface area (Å²) in [5.41, 5.74) is 3.87. The highest BCUT2D eigenvalue weighted by Gasteiger charge is 2.17. The molecule has 0 atom stereocenters. The van der Waals surface area contributed by atoms with Crippen LogP contribution in [0.3, 0.4) is 0 Å². The van der Waals surface area contributed by atoms with Gasteiger partial charge in [-0.05, 0) is 60.3 Å². The summed E-state index contributed by atoms with van der Waals surface area (Å²) in [5.74, 6) is -0.243. The van der Waals surface area contributed by atoms with E-state index < -0.39 is 0 Å². The molecule has 0 radical (unpaired) electrons. The molecule has 0 N–H and O–H groups in total. The number of rotatable bonds is 3. The van der Waals surface area contributed by atoms with Gasteiger partial charge in [0.2, 0.25) is 0 Å². The van der Waals surface area contributed by atoms with E-state index >= 15 is 0 Å². The van der Waals surface area contributed by atoms with Crippen LogP contribution in [0, 0.1) is 12.7 Å². The molecule has 0 fully saturated rings. The Morgan fingerprint density at radius 2 is 1.88 bits per heavy atom. The molecule has 0 bridgehead atoms. The van der Waals surface area contributed by atoms with E-state index in [2.05, 4.69) is 23.4 Å². The number of pyridine rings is 1. The van der Waals surface area contributed by atoms with E-state index in [1.54, 1.807) is 41.0 Å². The van der Waals surface area contributed by atoms with Crippen LogP contribution in [0.5, 0.6) is 0 Å². The van der Waals surface area contributed by atoms with Crippen LogP contribution in [-0.4, -0.2) is 9.97 Å². The van der Waals surface area contributed by atoms with E-state index in [0.717, 1.165) is 26.8 Å². The second-order valence-electron chi connectivity index (χ2n) is 5.41. The molecule has 24 heavy (non-hydrogen) atoms. The topological polar surface area (TPSA) is 25.8 Å². The fraction of sp³-hybridized carbons (Fsp3) is 0.0526. The summed E-state index contributed by atoms with van der Waals surface area (Å²) in [6.07, 6.45) is 1.77. The van der Waals surface area contributed by atoms with E-state index in [9.17, 15) is 4.39 Å². The van der Waals surface area contributed by atoms with Crippen LogP contribution in [0.15, 0.2) is 60.1 Å². The van der Waals surface area contributed by atoms with E-state index in [4.69, 9.17) is 4.98 Å². The molecule has 3 heterocycles. The first-order valence-corrected chi connectivity index (χ1v) is 9.14. The highest BCUT2D eigenvalue weighted by molar-refractivity contribution is 7.23. The molecule has 0 aliphatic rings. The molecule has 2 nitrogen and oxygen atoms in total. The summed E-state index contributed by atoms with van der Waals surface area (Å²) < 4.78 is 13.3. The van der Waals surface area contributed by atoms with E-state index in [1.807, 2.05) is 18.2 Å². The number of aryl methyl sites for hydroxylation is 1. The van der Waals surface area contributed by atoms with Crippen molar-refractivity contribution in [3.05, 3.63) is 71.5 Å². The highest BCUT2D eigenvalue weighted by atomic mass is 32.1. The number of benzene rings is 1. The summed E-state index contributed by atoms with van der Waals surface area (Å²) in [5, 5.41) is 3.00. The van der Waals surface area contributed by atoms with Crippen LogP contribution >= 0.6 is 22.7 Å². The molecule has 118 valence electrons. The maximum atomic E-state index is 13.3. The molecule has 0 saturated heterocycles. The van der Waals surface area contributed by atoms with Crippen molar-refractivity contribution in [2.45, 2.75) is 6.92 Å². The first-order valence-electron chi connectivity index (χ1n) is 7.44. The first-order chi connectivity index (χ1) is 11.7. The molecule has 0 unspecified atom stereocenters. The van der Waals surface area contributed by atoms with Gasteiger partial charge in [-0.3, -0.25) is 4.98 Å². The largest absolute Gasteiger partial charge is 0.254 e. The Morgan fingerprint density at radius 3 is 2.54 bits per heavy atom. The molecule has 0 spiro atoms. The molecule has 3 aromatic heterocycles. The Labute approximate surface area is 147 Å². The molecular weight excluding hydrogens is 339 g/mol. The quantitative estimate of drug-likeness (QED) is 0.449. The summed E-state index contributed by atoms with van der Waals surface area (Å²) in [6, 6.07) is 14.5. The minimum absolute atomic E-state index is 0.243. The molecule has 4 aromatic rings. The smallest absolute Gasteiger partial charge is 0.143 e. The van der Waals surface area contributed by atoms with E-state index in [0.29, 0.717) is 0 Å². The molecule has 0 aliphatic heterocycles. The second kappa shape index (κ2) is 6.26. The van der Waals surface area contributed by atoms with Crippen molar-refractivity contribution in [3.8, 4) is 31.7 Å². The minimum Gasteiger partial charge on any atom is -0.254 e. The Bertz CT molecular complexity index is 972. The van der Waals surface area contributed by atoms with Crippen molar-refractivity contribution >= 4 is 22.7 Å². The van der Waals surface area contributed by atoms with Crippen molar-refractivity contribution in [2.75, 3.05) is 0 Å². The Hall–Kier alpha value is -2.37. The lowest BCUT2D eigenvalue weighted by molar-refractivity contribution is 0.628. The molecule has 0 amide bonds. The van der Waals surface area contributed by atoms with Crippen molar-refractivity contribution in [3.63, 3.8) is 0 Å². The van der Waals surface area contributed by atoms with Crippen LogP contribution in [0.4, 0.5) is 4.39 Å². The van der Waals surface area contributed by atoms with Crippen molar-refractivity contribution in [1.82, 2.24) is 9.97 Å². The normalized spacial score (nSPS) is 10.9. The molecule has 0 saturated carbocycles. The summed E-state index contributed by atoms with van der Waals surface area (Å²) in [4.78, 5) is 11.5. The Kier molecular flexibility index (Phi) is 3.96. The zero-order valence-electron chi connectivity index (χ0n) is 12.9. The van der Waals surface area contributed by atoms with Gasteiger partial charge in [0.25, 0.3) is 0 Å². The predicted molar refractivity (Wildman–Crippen MR) is 98.8 cm³/mol. The average molecular weight is 352 g/mol. The SMILES string of the molecule is Cc1csc(-c2sc(-c3ccccn3)nc2-c2ccc(F)cc2)c1. The van der Waals surface area contributed by atoms with Crippen molar-refractivity contribution in [1.29, 1.82) is 0 Å². The van der Waals surface area contributed by atoms with Crippen LogP contribution in [0.2, 0.25) is 0 Å². The van der Waals surface area contributed by atoms with Gasteiger partial charge in [-0.15, -0.1) is 22.7 Å². The number of nitrogens with zero attached hydrogens (tertiary/aromatic N) is 2. The third kappa shape index (κ3) is 2.88. The monoisotopic (exact) mass is 352 g/mol. The number of hydrogen-bond donors (Lipinski definition) is 0. The van der Waals surface area contributed by atoms with Gasteiger partial charge in [0.15, 0.2) is 0 Å². The van der Waals surface area contributed by atoms with Crippen LogP contribution in [0.1, 0.15) is 5.56 Å². The van der Waals surface area contributed by atoms with E-state index in [-0.39, 0.29) is 5.82 Å². The average Bonchev–Trinajstić information content (AvgIpc) is 3.23. The zero-order valence-corrected chi connectivity index (χ0v) is 14.5. The third-order valence-electron chi connectivity index (χ3n) is 3.58. The van der Waals surface area contributed by atoms with Crippen LogP contribution < -0.4 is 0 Å². The lowest BCUT2D eigenvalue weighted by Crippen LogP contribution is -1.83. The van der Waals surface area contributed by atoms with Gasteiger partial charge in [0.1, 0.15) is 10.8 Å². The molecule has 5 heteroatoms. The lowest BCUT2D eigenvalue weighted by Gasteiger charge is -2.00. The van der Waals surface area contributed by atoms with Gasteiger partial charge < -0.3 is 0 Å². The summed E-state index contributed by atoms with van der Waals surface area (Å²) in [7, 11) is 0. The van der Waals surface area contributed by atoms with Gasteiger partial charge >= 0.3 is 0 Å². The van der Waals surface area contributed by atoms with Gasteiger partial charge in [0, 0.05) is 16.6 Å². The molecular formula is C19H13FN2S2. The third-order valence-corrected chi connectivity index (χ3v) is 5.89. The Morgan fingerprint density at radius 1 is 1.04 bits per heavy atom. The molecule has 0 aliphatic carbocycles. The minimum atomic E-state index is -0.243. The number of hydrogen-bond acceptors (Lipinski definition) is 4. The van der Waals surface area contributed by atoms with Gasteiger partial charge in [-0.25, -0.2) is 9.37 Å². The predicted octanol–water partition coefficient (Wildman–Crippen LogP) is 6.05. The van der Waals surface area contributed by atoms with Crippen LogP contribution in [-0.2, 0) is 0 Å². The van der Waals surface area contributed by atoms with Crippen molar-refractivity contribution < 1.29 is 4.39 Å². The lowest BCUT2D eigenvalue weighted by atomic mass is 10.1. The number of thiophene rings is 1. The first kappa shape index (κ1) is 15.2. The standard InChI is InChI=1S/C19H13FN2S2/c1-12-10-16(23-11-12)18-17(13-5-7-14(20)8-6-13)22-19(24-18)15-4-2-3-9-21-15/h2-11H,1H3. The van der Waals surface area contributed by atoms with E-state index in [1.165, 1.54) is 22.6 Å².